The molecule has 6 aromatic rings. The van der Waals surface area contributed by atoms with E-state index >= 15 is 0 Å². The molecule has 46 heavy (non-hydrogen) atoms. The van der Waals surface area contributed by atoms with Crippen LogP contribution in [0.2, 0.25) is 0 Å². The first-order chi connectivity index (χ1) is 22.3. The van der Waals surface area contributed by atoms with Gasteiger partial charge in [0, 0.05) is 17.6 Å². The number of anilines is 1. The summed E-state index contributed by atoms with van der Waals surface area (Å²) in [4.78, 5) is 0. The molecule has 0 fully saturated rings. The summed E-state index contributed by atoms with van der Waals surface area (Å²) in [5.74, 6) is 0. The van der Waals surface area contributed by atoms with Gasteiger partial charge in [-0.05, 0) is 95.0 Å². The lowest BCUT2D eigenvalue weighted by atomic mass is 9.67. The molecule has 0 radical (unpaired) electrons. The summed E-state index contributed by atoms with van der Waals surface area (Å²) >= 11 is 0. The zero-order valence-corrected chi connectivity index (χ0v) is 27.7. The van der Waals surface area contributed by atoms with E-state index in [4.69, 9.17) is 0 Å². The third-order valence-electron chi connectivity index (χ3n) is 10.3. The molecule has 0 bridgehead atoms. The highest BCUT2D eigenvalue weighted by atomic mass is 14.9. The zero-order chi connectivity index (χ0) is 31.9. The van der Waals surface area contributed by atoms with Crippen LogP contribution in [0, 0.1) is 20.8 Å². The summed E-state index contributed by atoms with van der Waals surface area (Å²) in [6, 6.07) is 52.2. The quantitative estimate of drug-likeness (QED) is 0.184. The Kier molecular flexibility index (Phi) is 7.65. The normalized spacial score (nSPS) is 15.3. The van der Waals surface area contributed by atoms with E-state index in [1.165, 1.54) is 66.8 Å². The maximum absolute atomic E-state index is 3.69. The Labute approximate surface area is 275 Å². The SMILES string of the molecule is Cc1ccc(C(C)(C)c2ccc(CCNc3ccc(C4(c5ccc(C)cc5)c5ccccc5-c5c(C)cccc54)cc3)cc2)cc1. The lowest BCUT2D eigenvalue weighted by Gasteiger charge is -2.34. The standard InChI is InChI=1S/C45H43N/c1-31-13-19-35(20-14-31)44(4,5)36-23-17-34(18-24-36)29-30-46-39-27-25-38(26-28-39)45(37-21-15-32(2)16-22-37)41-11-7-6-10-40(41)43-33(3)9-8-12-42(43)45/h6-28,46H,29-30H2,1-5H3. The molecule has 1 unspecified atom stereocenters. The van der Waals surface area contributed by atoms with E-state index in [9.17, 15) is 0 Å². The minimum atomic E-state index is -0.363. The van der Waals surface area contributed by atoms with Crippen molar-refractivity contribution >= 4 is 5.69 Å². The Morgan fingerprint density at radius 2 is 1.09 bits per heavy atom. The van der Waals surface area contributed by atoms with Crippen LogP contribution in [-0.4, -0.2) is 6.54 Å². The van der Waals surface area contributed by atoms with E-state index in [1.54, 1.807) is 0 Å². The van der Waals surface area contributed by atoms with Crippen LogP contribution < -0.4 is 5.32 Å². The Morgan fingerprint density at radius 3 is 1.74 bits per heavy atom. The van der Waals surface area contributed by atoms with Crippen LogP contribution >= 0.6 is 0 Å². The third kappa shape index (κ3) is 5.05. The van der Waals surface area contributed by atoms with Crippen LogP contribution in [0.5, 0.6) is 0 Å². The summed E-state index contributed by atoms with van der Waals surface area (Å²) in [7, 11) is 0. The van der Waals surface area contributed by atoms with E-state index < -0.39 is 0 Å². The van der Waals surface area contributed by atoms with Crippen LogP contribution in [0.15, 0.2) is 140 Å². The van der Waals surface area contributed by atoms with E-state index in [1.807, 2.05) is 0 Å². The van der Waals surface area contributed by atoms with Gasteiger partial charge in [0.25, 0.3) is 0 Å². The lowest BCUT2D eigenvalue weighted by molar-refractivity contribution is 0.640. The smallest absolute Gasteiger partial charge is 0.0713 e. The van der Waals surface area contributed by atoms with E-state index in [-0.39, 0.29) is 10.8 Å². The van der Waals surface area contributed by atoms with Gasteiger partial charge < -0.3 is 5.32 Å². The average molecular weight is 598 g/mol. The molecule has 0 spiro atoms. The number of fused-ring (bicyclic) bond motifs is 3. The van der Waals surface area contributed by atoms with Crippen molar-refractivity contribution in [2.75, 3.05) is 11.9 Å². The summed E-state index contributed by atoms with van der Waals surface area (Å²) in [6.07, 6.45) is 0.973. The van der Waals surface area contributed by atoms with Crippen LogP contribution in [0.1, 0.15) is 69.5 Å². The predicted octanol–water partition coefficient (Wildman–Crippen LogP) is 11.0. The van der Waals surface area contributed by atoms with Crippen LogP contribution in [-0.2, 0) is 17.3 Å². The molecule has 1 nitrogen and oxygen atoms in total. The first-order valence-electron chi connectivity index (χ1n) is 16.6. The second kappa shape index (κ2) is 11.8. The molecule has 1 aliphatic carbocycles. The fraction of sp³-hybridized carbons (Fsp3) is 0.200. The Morgan fingerprint density at radius 1 is 0.543 bits per heavy atom. The van der Waals surface area contributed by atoms with Crippen molar-refractivity contribution in [2.45, 2.75) is 51.9 Å². The van der Waals surface area contributed by atoms with Gasteiger partial charge in [-0.2, -0.15) is 0 Å². The minimum absolute atomic E-state index is 0.0266. The van der Waals surface area contributed by atoms with Crippen molar-refractivity contribution in [3.63, 3.8) is 0 Å². The van der Waals surface area contributed by atoms with Gasteiger partial charge in [0.05, 0.1) is 5.41 Å². The minimum Gasteiger partial charge on any atom is -0.385 e. The zero-order valence-electron chi connectivity index (χ0n) is 27.7. The number of aryl methyl sites for hydroxylation is 3. The van der Waals surface area contributed by atoms with Gasteiger partial charge in [-0.15, -0.1) is 0 Å². The van der Waals surface area contributed by atoms with E-state index in [0.717, 1.165) is 18.7 Å². The number of hydrogen-bond donors (Lipinski definition) is 1. The maximum Gasteiger partial charge on any atom is 0.0713 e. The molecule has 228 valence electrons. The molecule has 1 aliphatic rings. The molecule has 1 atom stereocenters. The highest BCUT2D eigenvalue weighted by molar-refractivity contribution is 5.88. The van der Waals surface area contributed by atoms with Crippen molar-refractivity contribution < 1.29 is 0 Å². The molecule has 0 heterocycles. The van der Waals surface area contributed by atoms with Gasteiger partial charge in [-0.25, -0.2) is 0 Å². The molecular formula is C45H43N. The van der Waals surface area contributed by atoms with E-state index in [2.05, 4.69) is 179 Å². The summed E-state index contributed by atoms with van der Waals surface area (Å²) in [6.45, 7) is 12.1. The molecule has 0 amide bonds. The fourth-order valence-electron chi connectivity index (χ4n) is 7.52. The summed E-state index contributed by atoms with van der Waals surface area (Å²) in [5.41, 5.74) is 16.7. The lowest BCUT2D eigenvalue weighted by Crippen LogP contribution is -2.28. The second-order valence-corrected chi connectivity index (χ2v) is 13.6. The van der Waals surface area contributed by atoms with Crippen molar-refractivity contribution in [1.29, 1.82) is 0 Å². The van der Waals surface area contributed by atoms with Crippen LogP contribution in [0.4, 0.5) is 5.69 Å². The first-order valence-corrected chi connectivity index (χ1v) is 16.6. The van der Waals surface area contributed by atoms with Crippen LogP contribution in [0.3, 0.4) is 0 Å². The van der Waals surface area contributed by atoms with Crippen molar-refractivity contribution in [1.82, 2.24) is 0 Å². The van der Waals surface area contributed by atoms with Crippen molar-refractivity contribution in [2.24, 2.45) is 0 Å². The Balaban J connectivity index is 1.13. The van der Waals surface area contributed by atoms with Crippen molar-refractivity contribution in [3.8, 4) is 11.1 Å². The molecule has 1 N–H and O–H groups in total. The molecule has 0 saturated carbocycles. The Hall–Kier alpha value is -4.88. The first kappa shape index (κ1) is 29.8. The summed E-state index contributed by atoms with van der Waals surface area (Å²) in [5, 5.41) is 3.69. The second-order valence-electron chi connectivity index (χ2n) is 13.6. The molecule has 0 saturated heterocycles. The highest BCUT2D eigenvalue weighted by Crippen LogP contribution is 2.56. The fourth-order valence-corrected chi connectivity index (χ4v) is 7.52. The molecule has 0 aromatic heterocycles. The predicted molar refractivity (Wildman–Crippen MR) is 195 cm³/mol. The highest BCUT2D eigenvalue weighted by Gasteiger charge is 2.46. The van der Waals surface area contributed by atoms with Gasteiger partial charge in [-0.1, -0.05) is 152 Å². The molecule has 6 aromatic carbocycles. The number of benzene rings is 6. The number of nitrogens with one attached hydrogen (secondary N) is 1. The van der Waals surface area contributed by atoms with E-state index in [0.29, 0.717) is 0 Å². The molecule has 7 rings (SSSR count). The third-order valence-corrected chi connectivity index (χ3v) is 10.3. The van der Waals surface area contributed by atoms with Crippen LogP contribution in [0.25, 0.3) is 11.1 Å². The van der Waals surface area contributed by atoms with Gasteiger partial charge in [0.1, 0.15) is 0 Å². The monoisotopic (exact) mass is 597 g/mol. The van der Waals surface area contributed by atoms with Gasteiger partial charge in [0.2, 0.25) is 0 Å². The molecule has 0 aliphatic heterocycles. The molecular weight excluding hydrogens is 555 g/mol. The van der Waals surface area contributed by atoms with Gasteiger partial charge in [-0.3, -0.25) is 0 Å². The maximum atomic E-state index is 3.69. The Bertz CT molecular complexity index is 1980. The molecule has 1 heteroatoms. The topological polar surface area (TPSA) is 12.0 Å². The van der Waals surface area contributed by atoms with Gasteiger partial charge >= 0.3 is 0 Å². The average Bonchev–Trinajstić information content (AvgIpc) is 3.38. The van der Waals surface area contributed by atoms with Crippen molar-refractivity contribution in [3.05, 3.63) is 195 Å². The number of rotatable bonds is 8. The van der Waals surface area contributed by atoms with Gasteiger partial charge in [0.15, 0.2) is 0 Å². The largest absolute Gasteiger partial charge is 0.385 e. The summed E-state index contributed by atoms with van der Waals surface area (Å²) < 4.78 is 0. The number of hydrogen-bond acceptors (Lipinski definition) is 1.